The largest absolute Gasteiger partial charge is 0.490 e. The molecule has 1 amide bonds. The van der Waals surface area contributed by atoms with Crippen LogP contribution in [0.4, 0.5) is 5.69 Å². The summed E-state index contributed by atoms with van der Waals surface area (Å²) in [6, 6.07) is 7.88. The summed E-state index contributed by atoms with van der Waals surface area (Å²) >= 11 is 0. The lowest BCUT2D eigenvalue weighted by atomic mass is 10.1. The number of benzene rings is 1. The van der Waals surface area contributed by atoms with Gasteiger partial charge in [0.15, 0.2) is 0 Å². The van der Waals surface area contributed by atoms with Crippen LogP contribution >= 0.6 is 0 Å². The maximum Gasteiger partial charge on any atom is 0.242 e. The fourth-order valence-corrected chi connectivity index (χ4v) is 3.11. The van der Waals surface area contributed by atoms with Gasteiger partial charge in [0.2, 0.25) is 5.91 Å². The molecule has 3 rings (SSSR count). The summed E-state index contributed by atoms with van der Waals surface area (Å²) in [6.45, 7) is 0.797. The van der Waals surface area contributed by atoms with Crippen LogP contribution in [0.2, 0.25) is 0 Å². The number of carbonyl (C=O) groups excluding carboxylic acids is 1. The van der Waals surface area contributed by atoms with Crippen LogP contribution in [0.25, 0.3) is 0 Å². The van der Waals surface area contributed by atoms with Crippen molar-refractivity contribution < 1.29 is 9.53 Å². The van der Waals surface area contributed by atoms with E-state index < -0.39 is 0 Å². The summed E-state index contributed by atoms with van der Waals surface area (Å²) in [6.07, 6.45) is 8.33. The number of anilines is 1. The Balaban J connectivity index is 1.57. The predicted molar refractivity (Wildman–Crippen MR) is 83.6 cm³/mol. The summed E-state index contributed by atoms with van der Waals surface area (Å²) in [7, 11) is 0. The van der Waals surface area contributed by atoms with E-state index >= 15 is 0 Å². The normalized spacial score (nSPS) is 23.4. The van der Waals surface area contributed by atoms with Crippen molar-refractivity contribution in [3.63, 3.8) is 0 Å². The average Bonchev–Trinajstić information content (AvgIpc) is 2.92. The van der Waals surface area contributed by atoms with Crippen LogP contribution in [-0.2, 0) is 4.79 Å². The predicted octanol–water partition coefficient (Wildman–Crippen LogP) is 3.09. The van der Waals surface area contributed by atoms with Gasteiger partial charge in [0.25, 0.3) is 0 Å². The number of ether oxygens (including phenoxy) is 1. The fraction of sp³-hybridized carbons (Fsp3) is 0.588. The van der Waals surface area contributed by atoms with Crippen molar-refractivity contribution in [1.82, 2.24) is 5.32 Å². The molecule has 2 aliphatic rings. The standard InChI is InChI=1S/C17H24N2O2/c20-17-16(7-3-4-12-18-17)19-13-8-10-15(11-9-13)21-14-5-1-2-6-14/h8-11,14,16,19H,1-7,12H2,(H,18,20)/t16-/m0/s1. The first-order valence-corrected chi connectivity index (χ1v) is 8.12. The number of nitrogens with one attached hydrogen (secondary N) is 2. The topological polar surface area (TPSA) is 50.4 Å². The lowest BCUT2D eigenvalue weighted by Gasteiger charge is -2.17. The molecule has 2 fully saturated rings. The van der Waals surface area contributed by atoms with E-state index in [4.69, 9.17) is 4.74 Å². The molecular formula is C17H24N2O2. The zero-order valence-corrected chi connectivity index (χ0v) is 12.4. The van der Waals surface area contributed by atoms with E-state index in [-0.39, 0.29) is 11.9 Å². The molecular weight excluding hydrogens is 264 g/mol. The zero-order valence-electron chi connectivity index (χ0n) is 12.4. The smallest absolute Gasteiger partial charge is 0.242 e. The van der Waals surface area contributed by atoms with Crippen LogP contribution in [-0.4, -0.2) is 24.6 Å². The minimum Gasteiger partial charge on any atom is -0.490 e. The lowest BCUT2D eigenvalue weighted by Crippen LogP contribution is -2.37. The second-order valence-corrected chi connectivity index (χ2v) is 6.03. The van der Waals surface area contributed by atoms with Crippen molar-refractivity contribution in [2.24, 2.45) is 0 Å². The Kier molecular flexibility index (Phi) is 4.63. The fourth-order valence-electron chi connectivity index (χ4n) is 3.11. The van der Waals surface area contributed by atoms with Gasteiger partial charge >= 0.3 is 0 Å². The summed E-state index contributed by atoms with van der Waals surface area (Å²) in [5.41, 5.74) is 0.982. The van der Waals surface area contributed by atoms with Gasteiger partial charge in [-0.15, -0.1) is 0 Å². The van der Waals surface area contributed by atoms with E-state index in [2.05, 4.69) is 10.6 Å². The number of rotatable bonds is 4. The van der Waals surface area contributed by atoms with Gasteiger partial charge in [-0.3, -0.25) is 4.79 Å². The average molecular weight is 288 g/mol. The van der Waals surface area contributed by atoms with Crippen molar-refractivity contribution >= 4 is 11.6 Å². The number of amides is 1. The molecule has 1 saturated heterocycles. The molecule has 2 N–H and O–H groups in total. The molecule has 0 bridgehead atoms. The van der Waals surface area contributed by atoms with E-state index in [0.29, 0.717) is 6.10 Å². The maximum absolute atomic E-state index is 11.9. The van der Waals surface area contributed by atoms with Crippen molar-refractivity contribution in [3.8, 4) is 5.75 Å². The number of carbonyl (C=O) groups is 1. The van der Waals surface area contributed by atoms with Gasteiger partial charge < -0.3 is 15.4 Å². The first kappa shape index (κ1) is 14.2. The van der Waals surface area contributed by atoms with Crippen LogP contribution in [0.15, 0.2) is 24.3 Å². The molecule has 1 atom stereocenters. The van der Waals surface area contributed by atoms with Gasteiger partial charge in [-0.2, -0.15) is 0 Å². The monoisotopic (exact) mass is 288 g/mol. The lowest BCUT2D eigenvalue weighted by molar-refractivity contribution is -0.121. The highest BCUT2D eigenvalue weighted by atomic mass is 16.5. The van der Waals surface area contributed by atoms with Crippen LogP contribution < -0.4 is 15.4 Å². The van der Waals surface area contributed by atoms with E-state index in [1.807, 2.05) is 24.3 Å². The van der Waals surface area contributed by atoms with E-state index in [1.54, 1.807) is 0 Å². The van der Waals surface area contributed by atoms with Gasteiger partial charge in [-0.05, 0) is 69.2 Å². The minimum absolute atomic E-state index is 0.110. The van der Waals surface area contributed by atoms with Crippen LogP contribution in [0.5, 0.6) is 5.75 Å². The molecule has 114 valence electrons. The zero-order chi connectivity index (χ0) is 14.5. The molecule has 0 aromatic heterocycles. The third-order valence-electron chi connectivity index (χ3n) is 4.34. The third kappa shape index (κ3) is 3.90. The molecule has 1 aliphatic carbocycles. The Morgan fingerprint density at radius 3 is 2.48 bits per heavy atom. The van der Waals surface area contributed by atoms with Crippen molar-refractivity contribution in [3.05, 3.63) is 24.3 Å². The SMILES string of the molecule is O=C1NCCCC[C@@H]1Nc1ccc(OC2CCCC2)cc1. The number of hydrogen-bond donors (Lipinski definition) is 2. The second kappa shape index (κ2) is 6.83. The molecule has 21 heavy (non-hydrogen) atoms. The molecule has 0 unspecified atom stereocenters. The Hall–Kier alpha value is -1.71. The Morgan fingerprint density at radius 2 is 1.71 bits per heavy atom. The van der Waals surface area contributed by atoms with Crippen LogP contribution in [0, 0.1) is 0 Å². The summed E-state index contributed by atoms with van der Waals surface area (Å²) in [4.78, 5) is 11.9. The molecule has 4 heteroatoms. The minimum atomic E-state index is -0.117. The van der Waals surface area contributed by atoms with Gasteiger partial charge in [-0.1, -0.05) is 0 Å². The highest BCUT2D eigenvalue weighted by molar-refractivity contribution is 5.84. The summed E-state index contributed by atoms with van der Waals surface area (Å²) in [5.74, 6) is 1.04. The van der Waals surface area contributed by atoms with Gasteiger partial charge in [0.1, 0.15) is 11.8 Å². The van der Waals surface area contributed by atoms with Crippen LogP contribution in [0.3, 0.4) is 0 Å². The van der Waals surface area contributed by atoms with E-state index in [9.17, 15) is 4.79 Å². The first-order chi connectivity index (χ1) is 10.3. The van der Waals surface area contributed by atoms with Crippen LogP contribution in [0.1, 0.15) is 44.9 Å². The first-order valence-electron chi connectivity index (χ1n) is 8.12. The molecule has 0 spiro atoms. The molecule has 1 heterocycles. The molecule has 4 nitrogen and oxygen atoms in total. The number of hydrogen-bond acceptors (Lipinski definition) is 3. The maximum atomic E-state index is 11.9. The summed E-state index contributed by atoms with van der Waals surface area (Å²) in [5, 5.41) is 6.27. The van der Waals surface area contributed by atoms with Crippen molar-refractivity contribution in [2.75, 3.05) is 11.9 Å². The molecule has 1 aliphatic heterocycles. The van der Waals surface area contributed by atoms with Gasteiger partial charge in [0, 0.05) is 12.2 Å². The van der Waals surface area contributed by atoms with E-state index in [1.165, 1.54) is 25.7 Å². The summed E-state index contributed by atoms with van der Waals surface area (Å²) < 4.78 is 5.95. The molecule has 1 aromatic rings. The van der Waals surface area contributed by atoms with Gasteiger partial charge in [0.05, 0.1) is 6.10 Å². The second-order valence-electron chi connectivity index (χ2n) is 6.03. The van der Waals surface area contributed by atoms with Gasteiger partial charge in [-0.25, -0.2) is 0 Å². The Morgan fingerprint density at radius 1 is 1.00 bits per heavy atom. The third-order valence-corrected chi connectivity index (χ3v) is 4.34. The highest BCUT2D eigenvalue weighted by Gasteiger charge is 2.20. The molecule has 1 aromatic carbocycles. The quantitative estimate of drug-likeness (QED) is 0.895. The van der Waals surface area contributed by atoms with Crippen molar-refractivity contribution in [2.45, 2.75) is 57.1 Å². The molecule has 1 saturated carbocycles. The Bertz CT molecular complexity index is 466. The van der Waals surface area contributed by atoms with E-state index in [0.717, 1.165) is 37.2 Å². The van der Waals surface area contributed by atoms with Crippen molar-refractivity contribution in [1.29, 1.82) is 0 Å². The highest BCUT2D eigenvalue weighted by Crippen LogP contribution is 2.25. The Labute approximate surface area is 126 Å². The molecule has 0 radical (unpaired) electrons.